The van der Waals surface area contributed by atoms with Crippen molar-refractivity contribution in [2.24, 2.45) is 0 Å². The normalized spacial score (nSPS) is 26.9. The van der Waals surface area contributed by atoms with Crippen LogP contribution in [-0.2, 0) is 20.4 Å². The summed E-state index contributed by atoms with van der Waals surface area (Å²) in [4.78, 5) is 29.4. The average molecular weight is 491 g/mol. The number of nitrogens with zero attached hydrogens (tertiary/aromatic N) is 2. The zero-order valence-electron chi connectivity index (χ0n) is 18.9. The quantitative estimate of drug-likeness (QED) is 0.562. The SMILES string of the molecule is CC1(c2ccc(Cl)cc2)CC12C(=O)N(c1cc(C(=O)O)cc(N3CCOC3O)c1)c1ccccc12. The van der Waals surface area contributed by atoms with Crippen LogP contribution in [0.15, 0.2) is 66.7 Å². The Hall–Kier alpha value is -3.39. The van der Waals surface area contributed by atoms with Gasteiger partial charge in [0.1, 0.15) is 0 Å². The van der Waals surface area contributed by atoms with E-state index in [4.69, 9.17) is 16.3 Å². The predicted octanol–water partition coefficient (Wildman–Crippen LogP) is 4.43. The number of anilines is 3. The molecule has 8 heteroatoms. The van der Waals surface area contributed by atoms with E-state index in [1.807, 2.05) is 48.5 Å². The molecule has 2 heterocycles. The number of hydrogen-bond donors (Lipinski definition) is 2. The molecule has 2 aliphatic heterocycles. The average Bonchev–Trinajstić information content (AvgIpc) is 3.13. The third-order valence-electron chi connectivity index (χ3n) is 7.70. The van der Waals surface area contributed by atoms with Gasteiger partial charge in [-0.2, -0.15) is 0 Å². The van der Waals surface area contributed by atoms with E-state index < -0.39 is 23.2 Å². The number of fused-ring (bicyclic) bond motifs is 2. The number of ether oxygens (including phenoxy) is 1. The molecule has 1 saturated heterocycles. The Kier molecular flexibility index (Phi) is 4.77. The number of rotatable bonds is 4. The van der Waals surface area contributed by atoms with Crippen LogP contribution in [0.25, 0.3) is 0 Å². The van der Waals surface area contributed by atoms with Crippen LogP contribution in [0.1, 0.15) is 34.8 Å². The highest BCUT2D eigenvalue weighted by atomic mass is 35.5. The van der Waals surface area contributed by atoms with Crippen molar-refractivity contribution in [2.75, 3.05) is 23.0 Å². The van der Waals surface area contributed by atoms with Crippen LogP contribution in [0.3, 0.4) is 0 Å². The largest absolute Gasteiger partial charge is 0.478 e. The highest BCUT2D eigenvalue weighted by molar-refractivity contribution is 6.30. The highest BCUT2D eigenvalue weighted by Gasteiger charge is 2.74. The van der Waals surface area contributed by atoms with E-state index in [-0.39, 0.29) is 11.5 Å². The maximum Gasteiger partial charge on any atom is 0.335 e. The second-order valence-electron chi connectivity index (χ2n) is 9.51. The predicted molar refractivity (Wildman–Crippen MR) is 131 cm³/mol. The van der Waals surface area contributed by atoms with Gasteiger partial charge in [-0.1, -0.05) is 48.9 Å². The fraction of sp³-hybridized carbons (Fsp3) is 0.259. The molecular formula is C27H23ClN2O5. The summed E-state index contributed by atoms with van der Waals surface area (Å²) < 4.78 is 5.23. The molecule has 2 N–H and O–H groups in total. The second-order valence-corrected chi connectivity index (χ2v) is 9.95. The molecule has 3 aromatic rings. The van der Waals surface area contributed by atoms with E-state index in [2.05, 4.69) is 6.92 Å². The number of benzene rings is 3. The summed E-state index contributed by atoms with van der Waals surface area (Å²) in [7, 11) is 0. The van der Waals surface area contributed by atoms with Crippen molar-refractivity contribution in [3.8, 4) is 0 Å². The first-order valence-corrected chi connectivity index (χ1v) is 11.8. The molecule has 0 aromatic heterocycles. The van der Waals surface area contributed by atoms with Gasteiger partial charge in [-0.3, -0.25) is 9.69 Å². The highest BCUT2D eigenvalue weighted by Crippen LogP contribution is 2.71. The lowest BCUT2D eigenvalue weighted by atomic mass is 9.83. The van der Waals surface area contributed by atoms with Gasteiger partial charge in [-0.25, -0.2) is 4.79 Å². The minimum Gasteiger partial charge on any atom is -0.478 e. The molecule has 35 heavy (non-hydrogen) atoms. The zero-order valence-corrected chi connectivity index (χ0v) is 19.7. The zero-order chi connectivity index (χ0) is 24.5. The van der Waals surface area contributed by atoms with Crippen LogP contribution in [-0.4, -0.2) is 41.7 Å². The number of aromatic carboxylic acids is 1. The summed E-state index contributed by atoms with van der Waals surface area (Å²) in [6, 6.07) is 20.0. The maximum absolute atomic E-state index is 14.2. The molecule has 0 radical (unpaired) electrons. The minimum atomic E-state index is -1.17. The molecule has 1 saturated carbocycles. The van der Waals surface area contributed by atoms with Gasteiger partial charge >= 0.3 is 5.97 Å². The molecule has 178 valence electrons. The van der Waals surface area contributed by atoms with Crippen LogP contribution in [0.5, 0.6) is 0 Å². The standard InChI is InChI=1S/C27H23ClN2O5/c1-26(17-6-8-18(28)9-7-17)15-27(26)21-4-2-3-5-22(21)30(24(27)33)20-13-16(23(31)32)12-19(14-20)29-10-11-35-25(29)34/h2-9,12-14,25,34H,10-11,15H2,1H3,(H,31,32). The lowest BCUT2D eigenvalue weighted by Crippen LogP contribution is -2.34. The summed E-state index contributed by atoms with van der Waals surface area (Å²) in [5.74, 6) is -1.21. The summed E-state index contributed by atoms with van der Waals surface area (Å²) in [5, 5.41) is 20.6. The number of carboxylic acid groups (broad SMARTS) is 1. The first-order chi connectivity index (χ1) is 16.8. The van der Waals surface area contributed by atoms with Gasteiger partial charge in [0, 0.05) is 22.7 Å². The van der Waals surface area contributed by atoms with Crippen molar-refractivity contribution in [2.45, 2.75) is 30.6 Å². The number of aliphatic hydroxyl groups excluding tert-OH is 1. The third kappa shape index (κ3) is 3.05. The molecule has 3 atom stereocenters. The van der Waals surface area contributed by atoms with E-state index in [1.54, 1.807) is 15.9 Å². The third-order valence-corrected chi connectivity index (χ3v) is 7.95. The lowest BCUT2D eigenvalue weighted by Gasteiger charge is -2.25. The van der Waals surface area contributed by atoms with Crippen LogP contribution < -0.4 is 9.80 Å². The summed E-state index contributed by atoms with van der Waals surface area (Å²) in [5.41, 5.74) is 2.46. The van der Waals surface area contributed by atoms with Crippen molar-refractivity contribution in [1.82, 2.24) is 0 Å². The lowest BCUT2D eigenvalue weighted by molar-refractivity contribution is -0.120. The molecule has 1 amide bonds. The Labute approximate surface area is 207 Å². The van der Waals surface area contributed by atoms with Crippen LogP contribution in [0.2, 0.25) is 5.02 Å². The fourth-order valence-corrected chi connectivity index (χ4v) is 5.91. The Morgan fingerprint density at radius 3 is 2.49 bits per heavy atom. The number of amides is 1. The van der Waals surface area contributed by atoms with E-state index in [1.165, 1.54) is 12.1 Å². The molecule has 3 aromatic carbocycles. The molecule has 6 rings (SSSR count). The molecule has 7 nitrogen and oxygen atoms in total. The van der Waals surface area contributed by atoms with Crippen molar-refractivity contribution in [1.29, 1.82) is 0 Å². The Morgan fingerprint density at radius 1 is 1.09 bits per heavy atom. The molecule has 1 spiro atoms. The van der Waals surface area contributed by atoms with E-state index in [0.29, 0.717) is 36.0 Å². The Morgan fingerprint density at radius 2 is 1.80 bits per heavy atom. The van der Waals surface area contributed by atoms with Crippen LogP contribution in [0.4, 0.5) is 17.1 Å². The second kappa shape index (κ2) is 7.55. The van der Waals surface area contributed by atoms with Gasteiger partial charge in [-0.15, -0.1) is 0 Å². The number of carbonyl (C=O) groups is 2. The van der Waals surface area contributed by atoms with Crippen LogP contribution in [0, 0.1) is 0 Å². The first kappa shape index (κ1) is 22.1. The van der Waals surface area contributed by atoms with Crippen molar-refractivity contribution in [3.63, 3.8) is 0 Å². The van der Waals surface area contributed by atoms with E-state index in [0.717, 1.165) is 16.8 Å². The maximum atomic E-state index is 14.2. The van der Waals surface area contributed by atoms with Crippen molar-refractivity contribution < 1.29 is 24.5 Å². The molecule has 3 aliphatic rings. The molecule has 1 aliphatic carbocycles. The monoisotopic (exact) mass is 490 g/mol. The molecular weight excluding hydrogens is 468 g/mol. The molecule has 2 fully saturated rings. The number of hydrogen-bond acceptors (Lipinski definition) is 5. The number of carbonyl (C=O) groups excluding carboxylic acids is 1. The topological polar surface area (TPSA) is 90.3 Å². The number of carboxylic acids is 1. The van der Waals surface area contributed by atoms with Crippen molar-refractivity contribution in [3.05, 3.63) is 88.4 Å². The number of para-hydroxylation sites is 1. The first-order valence-electron chi connectivity index (χ1n) is 11.4. The van der Waals surface area contributed by atoms with Gasteiger partial charge < -0.3 is 19.8 Å². The molecule has 0 bridgehead atoms. The Bertz CT molecular complexity index is 1380. The number of aliphatic hydroxyl groups is 1. The van der Waals surface area contributed by atoms with E-state index in [9.17, 15) is 19.8 Å². The van der Waals surface area contributed by atoms with E-state index >= 15 is 0 Å². The fourth-order valence-electron chi connectivity index (χ4n) is 5.78. The van der Waals surface area contributed by atoms with Crippen LogP contribution >= 0.6 is 11.6 Å². The number of halogens is 1. The van der Waals surface area contributed by atoms with Gasteiger partial charge in [0.2, 0.25) is 12.3 Å². The van der Waals surface area contributed by atoms with Gasteiger partial charge in [0.25, 0.3) is 0 Å². The van der Waals surface area contributed by atoms with Gasteiger partial charge in [-0.05, 0) is 53.9 Å². The van der Waals surface area contributed by atoms with Gasteiger partial charge in [0.05, 0.1) is 29.0 Å². The van der Waals surface area contributed by atoms with Gasteiger partial charge in [0.15, 0.2) is 0 Å². The summed E-state index contributed by atoms with van der Waals surface area (Å²) in [6.45, 7) is 2.82. The minimum absolute atomic E-state index is 0.0269. The summed E-state index contributed by atoms with van der Waals surface area (Å²) >= 11 is 6.11. The Balaban J connectivity index is 1.49. The molecule has 3 unspecified atom stereocenters. The smallest absolute Gasteiger partial charge is 0.335 e. The summed E-state index contributed by atoms with van der Waals surface area (Å²) in [6.07, 6.45) is -0.533. The van der Waals surface area contributed by atoms with Crippen molar-refractivity contribution >= 4 is 40.5 Å².